The van der Waals surface area contributed by atoms with Crippen molar-refractivity contribution in [2.24, 2.45) is 0 Å². The van der Waals surface area contributed by atoms with E-state index in [9.17, 15) is 4.79 Å². The van der Waals surface area contributed by atoms with Crippen LogP contribution < -0.4 is 0 Å². The Morgan fingerprint density at radius 1 is 1.22 bits per heavy atom. The van der Waals surface area contributed by atoms with Crippen LogP contribution in [0.4, 0.5) is 0 Å². The van der Waals surface area contributed by atoms with E-state index in [2.05, 4.69) is 34.7 Å². The SMILES string of the molecule is COCCn1c(-c2nc(C(=O)N3CCN(C)CC3)cs2)cc2ccccc21. The Hall–Kier alpha value is -2.22. The molecule has 0 unspecified atom stereocenters. The molecular weight excluding hydrogens is 360 g/mol. The lowest BCUT2D eigenvalue weighted by Gasteiger charge is -2.31. The molecule has 7 heteroatoms. The minimum atomic E-state index is 0.0325. The quantitative estimate of drug-likeness (QED) is 0.679. The van der Waals surface area contributed by atoms with Crippen LogP contribution in [0.3, 0.4) is 0 Å². The number of fused-ring (bicyclic) bond motifs is 1. The number of hydrogen-bond donors (Lipinski definition) is 0. The lowest BCUT2D eigenvalue weighted by molar-refractivity contribution is 0.0659. The number of ether oxygens (including phenoxy) is 1. The van der Waals surface area contributed by atoms with Crippen molar-refractivity contribution >= 4 is 28.1 Å². The van der Waals surface area contributed by atoms with Crippen LogP contribution in [0.25, 0.3) is 21.6 Å². The van der Waals surface area contributed by atoms with E-state index in [0.29, 0.717) is 12.3 Å². The van der Waals surface area contributed by atoms with Crippen molar-refractivity contribution in [3.63, 3.8) is 0 Å². The molecule has 1 aliphatic rings. The summed E-state index contributed by atoms with van der Waals surface area (Å²) >= 11 is 1.53. The third kappa shape index (κ3) is 3.63. The van der Waals surface area contributed by atoms with E-state index in [1.165, 1.54) is 16.7 Å². The van der Waals surface area contributed by atoms with Gasteiger partial charge in [-0.1, -0.05) is 18.2 Å². The third-order valence-corrected chi connectivity index (χ3v) is 5.93. The molecule has 1 fully saturated rings. The number of methoxy groups -OCH3 is 1. The molecule has 3 heterocycles. The molecule has 1 aliphatic heterocycles. The first kappa shape index (κ1) is 18.2. The number of amides is 1. The van der Waals surface area contributed by atoms with Crippen LogP contribution in [0.1, 0.15) is 10.5 Å². The van der Waals surface area contributed by atoms with E-state index >= 15 is 0 Å². The van der Waals surface area contributed by atoms with E-state index in [1.54, 1.807) is 7.11 Å². The van der Waals surface area contributed by atoms with E-state index < -0.39 is 0 Å². The average Bonchev–Trinajstić information content (AvgIpc) is 3.31. The monoisotopic (exact) mass is 384 g/mol. The zero-order valence-corrected chi connectivity index (χ0v) is 16.5. The van der Waals surface area contributed by atoms with E-state index in [4.69, 9.17) is 9.72 Å². The standard InChI is InChI=1S/C20H24N4O2S/c1-22-7-9-23(10-8-22)20(25)16-14-27-19(21-16)18-13-15-5-3-4-6-17(15)24(18)11-12-26-2/h3-6,13-14H,7-12H2,1-2H3. The maximum Gasteiger partial charge on any atom is 0.273 e. The number of para-hydroxylation sites is 1. The van der Waals surface area contributed by atoms with E-state index in [0.717, 1.165) is 48.9 Å². The molecule has 0 N–H and O–H groups in total. The van der Waals surface area contributed by atoms with Crippen LogP contribution in [0, 0.1) is 0 Å². The van der Waals surface area contributed by atoms with Gasteiger partial charge in [0.15, 0.2) is 0 Å². The number of benzene rings is 1. The van der Waals surface area contributed by atoms with E-state index in [-0.39, 0.29) is 5.91 Å². The molecule has 1 aromatic carbocycles. The summed E-state index contributed by atoms with van der Waals surface area (Å²) in [5.41, 5.74) is 2.74. The molecule has 1 saturated heterocycles. The molecule has 0 bridgehead atoms. The van der Waals surface area contributed by atoms with Crippen molar-refractivity contribution in [1.82, 2.24) is 19.4 Å². The van der Waals surface area contributed by atoms with Crippen molar-refractivity contribution in [1.29, 1.82) is 0 Å². The van der Waals surface area contributed by atoms with Gasteiger partial charge in [0, 0.05) is 56.1 Å². The van der Waals surface area contributed by atoms with Crippen LogP contribution in [0.15, 0.2) is 35.7 Å². The Labute approximate surface area is 163 Å². The van der Waals surface area contributed by atoms with Gasteiger partial charge in [0.05, 0.1) is 12.3 Å². The predicted molar refractivity (Wildman–Crippen MR) is 108 cm³/mol. The highest BCUT2D eigenvalue weighted by atomic mass is 32.1. The second-order valence-corrected chi connectivity index (χ2v) is 7.72. The van der Waals surface area contributed by atoms with E-state index in [1.807, 2.05) is 22.4 Å². The van der Waals surface area contributed by atoms with Crippen LogP contribution >= 0.6 is 11.3 Å². The first-order valence-electron chi connectivity index (χ1n) is 9.18. The molecule has 27 heavy (non-hydrogen) atoms. The first-order valence-corrected chi connectivity index (χ1v) is 10.1. The Morgan fingerprint density at radius 2 is 2.00 bits per heavy atom. The molecule has 0 radical (unpaired) electrons. The second kappa shape index (κ2) is 7.80. The highest BCUT2D eigenvalue weighted by molar-refractivity contribution is 7.13. The number of likely N-dealkylation sites (N-methyl/N-ethyl adjacent to an activating group) is 1. The van der Waals surface area contributed by atoms with Gasteiger partial charge >= 0.3 is 0 Å². The fourth-order valence-electron chi connectivity index (χ4n) is 3.47. The van der Waals surface area contributed by atoms with Crippen LogP contribution in [0.2, 0.25) is 0 Å². The fraction of sp³-hybridized carbons (Fsp3) is 0.400. The summed E-state index contributed by atoms with van der Waals surface area (Å²) in [7, 11) is 3.79. The largest absolute Gasteiger partial charge is 0.383 e. The summed E-state index contributed by atoms with van der Waals surface area (Å²) in [5.74, 6) is 0.0325. The number of carbonyl (C=O) groups is 1. The highest BCUT2D eigenvalue weighted by Gasteiger charge is 2.23. The van der Waals surface area contributed by atoms with Gasteiger partial charge in [0.1, 0.15) is 10.7 Å². The summed E-state index contributed by atoms with van der Waals surface area (Å²) in [5, 5.41) is 3.93. The molecular formula is C20H24N4O2S. The second-order valence-electron chi connectivity index (χ2n) is 6.87. The molecule has 4 rings (SSSR count). The van der Waals surface area contributed by atoms with Crippen molar-refractivity contribution in [3.8, 4) is 10.7 Å². The summed E-state index contributed by atoms with van der Waals surface area (Å²) in [6.07, 6.45) is 0. The fourth-order valence-corrected chi connectivity index (χ4v) is 4.29. The number of aromatic nitrogens is 2. The van der Waals surface area contributed by atoms with Crippen molar-refractivity contribution < 1.29 is 9.53 Å². The summed E-state index contributed by atoms with van der Waals surface area (Å²) < 4.78 is 7.51. The number of hydrogen-bond acceptors (Lipinski definition) is 5. The minimum absolute atomic E-state index is 0.0325. The zero-order chi connectivity index (χ0) is 18.8. The molecule has 142 valence electrons. The molecule has 2 aromatic heterocycles. The Kier molecular flexibility index (Phi) is 5.24. The Balaban J connectivity index is 1.64. The molecule has 1 amide bonds. The van der Waals surface area contributed by atoms with Crippen molar-refractivity contribution in [2.75, 3.05) is 46.9 Å². The molecule has 0 spiro atoms. The highest BCUT2D eigenvalue weighted by Crippen LogP contribution is 2.30. The lowest BCUT2D eigenvalue weighted by Crippen LogP contribution is -2.47. The van der Waals surface area contributed by atoms with Gasteiger partial charge < -0.3 is 19.1 Å². The van der Waals surface area contributed by atoms with Gasteiger partial charge in [-0.2, -0.15) is 0 Å². The molecule has 0 aliphatic carbocycles. The Morgan fingerprint density at radius 3 is 2.78 bits per heavy atom. The maximum atomic E-state index is 12.8. The van der Waals surface area contributed by atoms with Crippen LogP contribution in [-0.2, 0) is 11.3 Å². The third-order valence-electron chi connectivity index (χ3n) is 5.06. The zero-order valence-electron chi connectivity index (χ0n) is 15.7. The molecule has 0 atom stereocenters. The number of rotatable bonds is 5. The topological polar surface area (TPSA) is 50.6 Å². The summed E-state index contributed by atoms with van der Waals surface area (Å²) in [6.45, 7) is 4.72. The molecule has 3 aromatic rings. The van der Waals surface area contributed by atoms with Gasteiger partial charge in [-0.3, -0.25) is 4.79 Å². The first-order chi connectivity index (χ1) is 13.2. The minimum Gasteiger partial charge on any atom is -0.383 e. The Bertz CT molecular complexity index is 941. The number of piperazine rings is 1. The van der Waals surface area contributed by atoms with Crippen molar-refractivity contribution in [2.45, 2.75) is 6.54 Å². The van der Waals surface area contributed by atoms with Crippen LogP contribution in [-0.4, -0.2) is 72.2 Å². The molecule has 0 saturated carbocycles. The van der Waals surface area contributed by atoms with Gasteiger partial charge in [-0.25, -0.2) is 4.98 Å². The number of nitrogens with zero attached hydrogens (tertiary/aromatic N) is 4. The normalized spacial score (nSPS) is 15.6. The lowest BCUT2D eigenvalue weighted by atomic mass is 10.2. The summed E-state index contributed by atoms with van der Waals surface area (Å²) in [6, 6.07) is 10.4. The smallest absolute Gasteiger partial charge is 0.273 e. The summed E-state index contributed by atoms with van der Waals surface area (Å²) in [4.78, 5) is 21.6. The number of carbonyl (C=O) groups excluding carboxylic acids is 1. The maximum absolute atomic E-state index is 12.8. The van der Waals surface area contributed by atoms with Gasteiger partial charge in [-0.15, -0.1) is 11.3 Å². The van der Waals surface area contributed by atoms with Gasteiger partial charge in [-0.05, 0) is 19.2 Å². The van der Waals surface area contributed by atoms with Gasteiger partial charge in [0.25, 0.3) is 5.91 Å². The van der Waals surface area contributed by atoms with Crippen molar-refractivity contribution in [3.05, 3.63) is 41.4 Å². The predicted octanol–water partition coefficient (Wildman–Crippen LogP) is 2.80. The average molecular weight is 385 g/mol. The molecule has 6 nitrogen and oxygen atoms in total. The van der Waals surface area contributed by atoms with Crippen LogP contribution in [0.5, 0.6) is 0 Å². The van der Waals surface area contributed by atoms with Gasteiger partial charge in [0.2, 0.25) is 0 Å². The number of thiazole rings is 1.